The number of nitrogens with two attached hydrogens (primary N) is 1. The molecule has 2 unspecified atom stereocenters. The molecule has 1 heterocycles. The summed E-state index contributed by atoms with van der Waals surface area (Å²) in [6.07, 6.45) is 1.79. The first-order chi connectivity index (χ1) is 7.41. The minimum atomic E-state index is -0.242. The third-order valence-electron chi connectivity index (χ3n) is 3.42. The smallest absolute Gasteiger partial charge is 0.221 e. The zero-order valence-corrected chi connectivity index (χ0v) is 10.4. The lowest BCUT2D eigenvalue weighted by Gasteiger charge is -2.36. The van der Waals surface area contributed by atoms with Crippen molar-refractivity contribution in [2.75, 3.05) is 13.1 Å². The lowest BCUT2D eigenvalue weighted by molar-refractivity contribution is -0.128. The van der Waals surface area contributed by atoms with Crippen LogP contribution in [0.4, 0.5) is 0 Å². The maximum atomic E-state index is 11.7. The van der Waals surface area contributed by atoms with Crippen LogP contribution in [0.25, 0.3) is 0 Å². The number of carbonyl (C=O) groups excluding carboxylic acids is 2. The third-order valence-corrected chi connectivity index (χ3v) is 3.42. The van der Waals surface area contributed by atoms with Crippen molar-refractivity contribution in [3.05, 3.63) is 0 Å². The van der Waals surface area contributed by atoms with E-state index in [4.69, 9.17) is 5.73 Å². The number of ketones is 1. The maximum absolute atomic E-state index is 11.7. The summed E-state index contributed by atoms with van der Waals surface area (Å²) in [5, 5.41) is 0. The van der Waals surface area contributed by atoms with Crippen molar-refractivity contribution in [2.24, 2.45) is 17.6 Å². The van der Waals surface area contributed by atoms with Gasteiger partial charge in [-0.2, -0.15) is 0 Å². The predicted octanol–water partition coefficient (Wildman–Crippen LogP) is 0.797. The Morgan fingerprint density at radius 3 is 2.50 bits per heavy atom. The molecule has 0 radical (unpaired) electrons. The molecule has 1 amide bonds. The van der Waals surface area contributed by atoms with Crippen molar-refractivity contribution in [3.63, 3.8) is 0 Å². The van der Waals surface area contributed by atoms with E-state index in [-0.39, 0.29) is 23.5 Å². The topological polar surface area (TPSA) is 63.4 Å². The van der Waals surface area contributed by atoms with Gasteiger partial charge in [-0.05, 0) is 19.8 Å². The molecule has 0 aromatic heterocycles. The van der Waals surface area contributed by atoms with Gasteiger partial charge >= 0.3 is 0 Å². The number of amides is 1. The van der Waals surface area contributed by atoms with Crippen molar-refractivity contribution in [1.29, 1.82) is 0 Å². The average molecular weight is 226 g/mol. The fraction of sp³-hybridized carbons (Fsp3) is 0.833. The van der Waals surface area contributed by atoms with Gasteiger partial charge in [-0.1, -0.05) is 13.8 Å². The van der Waals surface area contributed by atoms with E-state index in [9.17, 15) is 9.59 Å². The number of likely N-dealkylation sites (tertiary alicyclic amines) is 1. The van der Waals surface area contributed by atoms with Gasteiger partial charge in [-0.15, -0.1) is 0 Å². The van der Waals surface area contributed by atoms with Crippen LogP contribution in [0.1, 0.15) is 33.6 Å². The lowest BCUT2D eigenvalue weighted by atomic mass is 9.92. The van der Waals surface area contributed by atoms with Gasteiger partial charge in [0.1, 0.15) is 5.78 Å². The fourth-order valence-corrected chi connectivity index (χ4v) is 2.01. The zero-order valence-electron chi connectivity index (χ0n) is 10.4. The highest BCUT2D eigenvalue weighted by molar-refractivity contribution is 5.82. The molecule has 2 N–H and O–H groups in total. The van der Waals surface area contributed by atoms with Crippen LogP contribution < -0.4 is 5.73 Å². The Balaban J connectivity index is 2.56. The number of piperidine rings is 1. The number of nitrogens with zero attached hydrogens (tertiary/aromatic N) is 1. The van der Waals surface area contributed by atoms with Crippen molar-refractivity contribution < 1.29 is 9.59 Å². The standard InChI is InChI=1S/C12H22N2O2/c1-8(2)11(15)7-14-6-10(12(13)16)5-4-9(14)3/h8-10H,4-7H2,1-3H3,(H2,13,16). The van der Waals surface area contributed by atoms with E-state index in [0.29, 0.717) is 19.1 Å². The van der Waals surface area contributed by atoms with Crippen LogP contribution >= 0.6 is 0 Å². The highest BCUT2D eigenvalue weighted by Crippen LogP contribution is 2.21. The second-order valence-electron chi connectivity index (χ2n) is 5.08. The van der Waals surface area contributed by atoms with Gasteiger partial charge in [0.05, 0.1) is 12.5 Å². The fourth-order valence-electron chi connectivity index (χ4n) is 2.01. The maximum Gasteiger partial charge on any atom is 0.221 e. The molecule has 0 aromatic rings. The monoisotopic (exact) mass is 226 g/mol. The number of hydrogen-bond acceptors (Lipinski definition) is 3. The number of rotatable bonds is 4. The highest BCUT2D eigenvalue weighted by Gasteiger charge is 2.29. The zero-order chi connectivity index (χ0) is 12.3. The first-order valence-electron chi connectivity index (χ1n) is 5.98. The van der Waals surface area contributed by atoms with Gasteiger partial charge in [-0.25, -0.2) is 0 Å². The van der Waals surface area contributed by atoms with E-state index in [1.54, 1.807) is 0 Å². The van der Waals surface area contributed by atoms with Crippen LogP contribution in [0.15, 0.2) is 0 Å². The molecule has 1 aliphatic heterocycles. The summed E-state index contributed by atoms with van der Waals surface area (Å²) in [6.45, 7) is 6.99. The van der Waals surface area contributed by atoms with E-state index in [1.807, 2.05) is 13.8 Å². The molecule has 1 fully saturated rings. The van der Waals surface area contributed by atoms with Crippen molar-refractivity contribution in [2.45, 2.75) is 39.7 Å². The molecule has 0 aromatic carbocycles. The van der Waals surface area contributed by atoms with Crippen LogP contribution in [-0.4, -0.2) is 35.7 Å². The largest absolute Gasteiger partial charge is 0.369 e. The minimum Gasteiger partial charge on any atom is -0.369 e. The number of Topliss-reactive ketones (excluding diaryl/α,β-unsaturated/α-hetero) is 1. The van der Waals surface area contributed by atoms with Crippen LogP contribution in [0, 0.1) is 11.8 Å². The summed E-state index contributed by atoms with van der Waals surface area (Å²) in [4.78, 5) is 24.9. The van der Waals surface area contributed by atoms with E-state index in [2.05, 4.69) is 11.8 Å². The summed E-state index contributed by atoms with van der Waals surface area (Å²) in [5.41, 5.74) is 5.31. The Morgan fingerprint density at radius 1 is 1.38 bits per heavy atom. The molecular formula is C12H22N2O2. The SMILES string of the molecule is CC(C)C(=O)CN1CC(C(N)=O)CCC1C. The summed E-state index contributed by atoms with van der Waals surface area (Å²) < 4.78 is 0. The van der Waals surface area contributed by atoms with E-state index >= 15 is 0 Å². The summed E-state index contributed by atoms with van der Waals surface area (Å²) in [7, 11) is 0. The van der Waals surface area contributed by atoms with E-state index in [0.717, 1.165) is 12.8 Å². The molecule has 1 aliphatic rings. The normalized spacial score (nSPS) is 27.0. The molecular weight excluding hydrogens is 204 g/mol. The molecule has 0 aliphatic carbocycles. The Labute approximate surface area is 97.2 Å². The second-order valence-corrected chi connectivity index (χ2v) is 5.08. The summed E-state index contributed by atoms with van der Waals surface area (Å²) in [5.74, 6) is -0.0387. The molecule has 1 saturated heterocycles. The quantitative estimate of drug-likeness (QED) is 0.771. The molecule has 2 atom stereocenters. The molecule has 4 nitrogen and oxygen atoms in total. The van der Waals surface area contributed by atoms with Gasteiger partial charge in [0.15, 0.2) is 0 Å². The predicted molar refractivity (Wildman–Crippen MR) is 62.8 cm³/mol. The van der Waals surface area contributed by atoms with Crippen LogP contribution in [0.3, 0.4) is 0 Å². The highest BCUT2D eigenvalue weighted by atomic mass is 16.1. The van der Waals surface area contributed by atoms with Crippen LogP contribution in [-0.2, 0) is 9.59 Å². The first-order valence-corrected chi connectivity index (χ1v) is 5.98. The van der Waals surface area contributed by atoms with Crippen molar-refractivity contribution in [1.82, 2.24) is 4.90 Å². The van der Waals surface area contributed by atoms with Gasteiger partial charge in [0, 0.05) is 18.5 Å². The Morgan fingerprint density at radius 2 is 2.00 bits per heavy atom. The molecule has 92 valence electrons. The molecule has 0 saturated carbocycles. The Hall–Kier alpha value is -0.900. The number of carbonyl (C=O) groups is 2. The van der Waals surface area contributed by atoms with Gasteiger partial charge in [0.25, 0.3) is 0 Å². The van der Waals surface area contributed by atoms with Crippen LogP contribution in [0.2, 0.25) is 0 Å². The average Bonchev–Trinajstić information content (AvgIpc) is 2.20. The van der Waals surface area contributed by atoms with Gasteiger partial charge in [-0.3, -0.25) is 14.5 Å². The lowest BCUT2D eigenvalue weighted by Crippen LogP contribution is -2.48. The molecule has 0 bridgehead atoms. The summed E-state index contributed by atoms with van der Waals surface area (Å²) in [6, 6.07) is 0.373. The van der Waals surface area contributed by atoms with Crippen molar-refractivity contribution in [3.8, 4) is 0 Å². The van der Waals surface area contributed by atoms with E-state index < -0.39 is 0 Å². The molecule has 16 heavy (non-hydrogen) atoms. The minimum absolute atomic E-state index is 0.0566. The number of hydrogen-bond donors (Lipinski definition) is 1. The molecule has 4 heteroatoms. The van der Waals surface area contributed by atoms with Crippen LogP contribution in [0.5, 0.6) is 0 Å². The van der Waals surface area contributed by atoms with Gasteiger partial charge < -0.3 is 5.73 Å². The Bertz CT molecular complexity index is 276. The number of primary amides is 1. The molecule has 1 rings (SSSR count). The van der Waals surface area contributed by atoms with Gasteiger partial charge in [0.2, 0.25) is 5.91 Å². The molecule has 0 spiro atoms. The van der Waals surface area contributed by atoms with E-state index in [1.165, 1.54) is 0 Å². The third kappa shape index (κ3) is 3.30. The summed E-state index contributed by atoms with van der Waals surface area (Å²) >= 11 is 0. The van der Waals surface area contributed by atoms with Crippen molar-refractivity contribution >= 4 is 11.7 Å². The second kappa shape index (κ2) is 5.43. The Kier molecular flexibility index (Phi) is 4.47. The first kappa shape index (κ1) is 13.2.